The van der Waals surface area contributed by atoms with E-state index in [2.05, 4.69) is 16.4 Å². The van der Waals surface area contributed by atoms with Crippen molar-refractivity contribution in [1.29, 1.82) is 0 Å². The third-order valence-electron chi connectivity index (χ3n) is 3.89. The van der Waals surface area contributed by atoms with E-state index in [1.165, 1.54) is 5.56 Å². The average Bonchev–Trinajstić information content (AvgIpc) is 3.28. The van der Waals surface area contributed by atoms with E-state index in [4.69, 9.17) is 17.3 Å². The fourth-order valence-corrected chi connectivity index (χ4v) is 2.64. The summed E-state index contributed by atoms with van der Waals surface area (Å²) < 4.78 is 0. The molecule has 3 rings (SSSR count). The summed E-state index contributed by atoms with van der Waals surface area (Å²) >= 11 is 6.08. The molecule has 0 radical (unpaired) electrons. The fraction of sp³-hybridized carbons (Fsp3) is 0.235. The number of benzene rings is 2. The van der Waals surface area contributed by atoms with Crippen molar-refractivity contribution in [3.8, 4) is 0 Å². The summed E-state index contributed by atoms with van der Waals surface area (Å²) in [6.07, 6.45) is 2.27. The molecular weight excluding hydrogens is 282 g/mol. The zero-order valence-electron chi connectivity index (χ0n) is 11.7. The summed E-state index contributed by atoms with van der Waals surface area (Å²) in [5, 5.41) is 3.88. The van der Waals surface area contributed by atoms with E-state index in [0.29, 0.717) is 12.5 Å². The van der Waals surface area contributed by atoms with Gasteiger partial charge in [-0.15, -0.1) is 0 Å². The second-order valence-corrected chi connectivity index (χ2v) is 5.92. The SMILES string of the molecule is NC(=NCC1(c2cccc(Cl)c2)CC1)Nc1ccccc1. The molecule has 3 nitrogen and oxygen atoms in total. The highest BCUT2D eigenvalue weighted by atomic mass is 35.5. The zero-order chi connectivity index (χ0) is 14.7. The lowest BCUT2D eigenvalue weighted by molar-refractivity contribution is 0.705. The van der Waals surface area contributed by atoms with Crippen molar-refractivity contribution in [3.63, 3.8) is 0 Å². The van der Waals surface area contributed by atoms with Gasteiger partial charge in [-0.05, 0) is 42.7 Å². The number of nitrogens with zero attached hydrogens (tertiary/aromatic N) is 1. The van der Waals surface area contributed by atoms with E-state index in [0.717, 1.165) is 23.6 Å². The Labute approximate surface area is 129 Å². The molecule has 1 saturated carbocycles. The third kappa shape index (κ3) is 3.37. The molecule has 0 spiro atoms. The van der Waals surface area contributed by atoms with Gasteiger partial charge in [0, 0.05) is 16.1 Å². The van der Waals surface area contributed by atoms with Crippen LogP contribution in [0, 0.1) is 0 Å². The van der Waals surface area contributed by atoms with Gasteiger partial charge in [0.15, 0.2) is 5.96 Å². The number of para-hydroxylation sites is 1. The first-order valence-corrected chi connectivity index (χ1v) is 7.44. The Balaban J connectivity index is 1.68. The van der Waals surface area contributed by atoms with Crippen molar-refractivity contribution in [2.45, 2.75) is 18.3 Å². The van der Waals surface area contributed by atoms with Crippen LogP contribution < -0.4 is 11.1 Å². The number of anilines is 1. The monoisotopic (exact) mass is 299 g/mol. The molecule has 3 N–H and O–H groups in total. The molecule has 0 bridgehead atoms. The summed E-state index contributed by atoms with van der Waals surface area (Å²) in [4.78, 5) is 4.50. The Morgan fingerprint density at radius 1 is 1.14 bits per heavy atom. The Kier molecular flexibility index (Phi) is 3.84. The minimum Gasteiger partial charge on any atom is -0.370 e. The number of rotatable bonds is 4. The quantitative estimate of drug-likeness (QED) is 0.666. The number of hydrogen-bond acceptors (Lipinski definition) is 1. The maximum atomic E-state index is 6.08. The molecule has 0 heterocycles. The van der Waals surface area contributed by atoms with Gasteiger partial charge >= 0.3 is 0 Å². The number of nitrogens with two attached hydrogens (primary N) is 1. The lowest BCUT2D eigenvalue weighted by atomic mass is 9.96. The molecule has 0 atom stereocenters. The molecule has 2 aromatic rings. The van der Waals surface area contributed by atoms with Gasteiger partial charge in [-0.2, -0.15) is 0 Å². The first-order chi connectivity index (χ1) is 10.2. The van der Waals surface area contributed by atoms with Gasteiger partial charge in [0.05, 0.1) is 6.54 Å². The highest BCUT2D eigenvalue weighted by molar-refractivity contribution is 6.30. The van der Waals surface area contributed by atoms with Crippen molar-refractivity contribution in [1.82, 2.24) is 0 Å². The molecule has 0 unspecified atom stereocenters. The van der Waals surface area contributed by atoms with Gasteiger partial charge in [0.1, 0.15) is 0 Å². The largest absolute Gasteiger partial charge is 0.370 e. The van der Waals surface area contributed by atoms with E-state index < -0.39 is 0 Å². The van der Waals surface area contributed by atoms with Crippen molar-refractivity contribution in [2.75, 3.05) is 11.9 Å². The van der Waals surface area contributed by atoms with Crippen LogP contribution >= 0.6 is 11.6 Å². The highest BCUT2D eigenvalue weighted by Crippen LogP contribution is 2.48. The highest BCUT2D eigenvalue weighted by Gasteiger charge is 2.44. The minimum absolute atomic E-state index is 0.119. The van der Waals surface area contributed by atoms with Crippen molar-refractivity contribution >= 4 is 23.2 Å². The van der Waals surface area contributed by atoms with Crippen LogP contribution in [0.25, 0.3) is 0 Å². The smallest absolute Gasteiger partial charge is 0.193 e. The minimum atomic E-state index is 0.119. The molecule has 0 amide bonds. The van der Waals surface area contributed by atoms with E-state index in [1.807, 2.05) is 48.5 Å². The maximum Gasteiger partial charge on any atom is 0.193 e. The number of guanidine groups is 1. The van der Waals surface area contributed by atoms with Gasteiger partial charge in [-0.3, -0.25) is 4.99 Å². The van der Waals surface area contributed by atoms with E-state index in [9.17, 15) is 0 Å². The van der Waals surface area contributed by atoms with E-state index in [-0.39, 0.29) is 5.41 Å². The van der Waals surface area contributed by atoms with Crippen molar-refractivity contribution in [2.24, 2.45) is 10.7 Å². The summed E-state index contributed by atoms with van der Waals surface area (Å²) in [5.74, 6) is 0.453. The van der Waals surface area contributed by atoms with Crippen molar-refractivity contribution in [3.05, 3.63) is 65.2 Å². The summed E-state index contributed by atoms with van der Waals surface area (Å²) in [5.41, 5.74) is 8.29. The molecule has 0 aromatic heterocycles. The first-order valence-electron chi connectivity index (χ1n) is 7.06. The summed E-state index contributed by atoms with van der Waals surface area (Å²) in [6, 6.07) is 17.9. The van der Waals surface area contributed by atoms with Gasteiger partial charge in [0.25, 0.3) is 0 Å². The number of aliphatic imine (C=N–C) groups is 1. The van der Waals surface area contributed by atoms with Crippen LogP contribution in [-0.4, -0.2) is 12.5 Å². The van der Waals surface area contributed by atoms with Crippen LogP contribution in [-0.2, 0) is 5.41 Å². The normalized spacial score (nSPS) is 16.5. The van der Waals surface area contributed by atoms with E-state index in [1.54, 1.807) is 0 Å². The number of hydrogen-bond donors (Lipinski definition) is 2. The van der Waals surface area contributed by atoms with Crippen LogP contribution in [0.15, 0.2) is 59.6 Å². The van der Waals surface area contributed by atoms with Crippen LogP contribution in [0.1, 0.15) is 18.4 Å². The molecule has 0 saturated heterocycles. The number of halogens is 1. The van der Waals surface area contributed by atoms with Gasteiger partial charge in [-0.25, -0.2) is 0 Å². The van der Waals surface area contributed by atoms with Crippen LogP contribution in [0.2, 0.25) is 5.02 Å². The first kappa shape index (κ1) is 14.0. The third-order valence-corrected chi connectivity index (χ3v) is 4.12. The van der Waals surface area contributed by atoms with Crippen LogP contribution in [0.3, 0.4) is 0 Å². The molecule has 1 aliphatic rings. The Morgan fingerprint density at radius 2 is 1.90 bits per heavy atom. The average molecular weight is 300 g/mol. The second-order valence-electron chi connectivity index (χ2n) is 5.48. The number of nitrogens with one attached hydrogen (secondary N) is 1. The molecule has 21 heavy (non-hydrogen) atoms. The fourth-order valence-electron chi connectivity index (χ4n) is 2.45. The predicted molar refractivity (Wildman–Crippen MR) is 88.9 cm³/mol. The lowest BCUT2D eigenvalue weighted by Gasteiger charge is -2.14. The standard InChI is InChI=1S/C17H18ClN3/c18-14-6-4-5-13(11-14)17(9-10-17)12-20-16(19)21-15-7-2-1-3-8-15/h1-8,11H,9-10,12H2,(H3,19,20,21). The Morgan fingerprint density at radius 3 is 2.57 bits per heavy atom. The predicted octanol–water partition coefficient (Wildman–Crippen LogP) is 3.80. The zero-order valence-corrected chi connectivity index (χ0v) is 12.5. The summed E-state index contributed by atoms with van der Waals surface area (Å²) in [7, 11) is 0. The lowest BCUT2D eigenvalue weighted by Crippen LogP contribution is -2.24. The van der Waals surface area contributed by atoms with Gasteiger partial charge < -0.3 is 11.1 Å². The van der Waals surface area contributed by atoms with Crippen molar-refractivity contribution < 1.29 is 0 Å². The topological polar surface area (TPSA) is 50.4 Å². The van der Waals surface area contributed by atoms with Gasteiger partial charge in [-0.1, -0.05) is 41.9 Å². The Hall–Kier alpha value is -2.00. The van der Waals surface area contributed by atoms with Gasteiger partial charge in [0.2, 0.25) is 0 Å². The second kappa shape index (κ2) is 5.78. The Bertz CT molecular complexity index is 648. The maximum absolute atomic E-state index is 6.08. The molecule has 4 heteroatoms. The molecular formula is C17H18ClN3. The summed E-state index contributed by atoms with van der Waals surface area (Å²) in [6.45, 7) is 0.693. The molecule has 108 valence electrons. The van der Waals surface area contributed by atoms with Crippen LogP contribution in [0.4, 0.5) is 5.69 Å². The molecule has 1 fully saturated rings. The van der Waals surface area contributed by atoms with Crippen LogP contribution in [0.5, 0.6) is 0 Å². The molecule has 0 aliphatic heterocycles. The molecule has 2 aromatic carbocycles. The molecule has 1 aliphatic carbocycles. The van der Waals surface area contributed by atoms with E-state index >= 15 is 0 Å².